The van der Waals surface area contributed by atoms with Crippen molar-refractivity contribution in [3.8, 4) is 5.75 Å². The largest absolute Gasteiger partial charge is 0.496 e. The molecule has 0 heterocycles. The molecule has 5 nitrogen and oxygen atoms in total. The predicted octanol–water partition coefficient (Wildman–Crippen LogP) is 1.67. The second-order valence-electron chi connectivity index (χ2n) is 3.30. The van der Waals surface area contributed by atoms with Crippen molar-refractivity contribution in [2.24, 2.45) is 0 Å². The maximum Gasteiger partial charge on any atom is 0.337 e. The summed E-state index contributed by atoms with van der Waals surface area (Å²) in [4.78, 5) is 22.4. The Hall–Kier alpha value is -2.30. The molecule has 96 valence electrons. The molecule has 0 N–H and O–H groups in total. The lowest BCUT2D eigenvalue weighted by Gasteiger charge is -2.06. The first-order valence-corrected chi connectivity index (χ1v) is 5.14. The van der Waals surface area contributed by atoms with Gasteiger partial charge in [0.2, 0.25) is 0 Å². The van der Waals surface area contributed by atoms with Crippen LogP contribution in [0.5, 0.6) is 5.75 Å². The standard InChI is InChI=1S/C13H14O5/c1-16-11-6-4-10(13(15)18-3)8-9(11)5-7-12(14)17-2/h4-8H,1-3H3. The summed E-state index contributed by atoms with van der Waals surface area (Å²) in [6.45, 7) is 0. The zero-order chi connectivity index (χ0) is 13.5. The van der Waals surface area contributed by atoms with E-state index in [2.05, 4.69) is 9.47 Å². The van der Waals surface area contributed by atoms with E-state index in [1.807, 2.05) is 0 Å². The highest BCUT2D eigenvalue weighted by Crippen LogP contribution is 2.21. The Bertz CT molecular complexity index is 476. The number of hydrogen-bond acceptors (Lipinski definition) is 5. The number of esters is 2. The molecule has 5 heteroatoms. The zero-order valence-electron chi connectivity index (χ0n) is 10.4. The van der Waals surface area contributed by atoms with E-state index in [0.717, 1.165) is 0 Å². The van der Waals surface area contributed by atoms with Gasteiger partial charge >= 0.3 is 11.9 Å². The molecule has 0 saturated carbocycles. The summed E-state index contributed by atoms with van der Waals surface area (Å²) in [7, 11) is 4.09. The van der Waals surface area contributed by atoms with Crippen LogP contribution in [-0.4, -0.2) is 33.3 Å². The second kappa shape index (κ2) is 6.44. The number of hydrogen-bond donors (Lipinski definition) is 0. The van der Waals surface area contributed by atoms with Gasteiger partial charge in [-0.2, -0.15) is 0 Å². The molecular formula is C13H14O5. The first kappa shape index (κ1) is 13.8. The van der Waals surface area contributed by atoms with E-state index >= 15 is 0 Å². The minimum absolute atomic E-state index is 0.378. The Morgan fingerprint density at radius 1 is 1.11 bits per heavy atom. The van der Waals surface area contributed by atoms with Crippen molar-refractivity contribution >= 4 is 18.0 Å². The normalized spacial score (nSPS) is 10.2. The van der Waals surface area contributed by atoms with Crippen LogP contribution in [0.3, 0.4) is 0 Å². The van der Waals surface area contributed by atoms with Crippen LogP contribution in [0, 0.1) is 0 Å². The highest BCUT2D eigenvalue weighted by Gasteiger charge is 2.08. The van der Waals surface area contributed by atoms with Crippen molar-refractivity contribution in [1.29, 1.82) is 0 Å². The van der Waals surface area contributed by atoms with Gasteiger partial charge in [0.25, 0.3) is 0 Å². The summed E-state index contributed by atoms with van der Waals surface area (Å²) in [6, 6.07) is 4.79. The topological polar surface area (TPSA) is 61.8 Å². The van der Waals surface area contributed by atoms with E-state index < -0.39 is 11.9 Å². The minimum atomic E-state index is -0.486. The van der Waals surface area contributed by atoms with Crippen LogP contribution in [0.2, 0.25) is 0 Å². The third-order valence-electron chi connectivity index (χ3n) is 2.25. The molecule has 18 heavy (non-hydrogen) atoms. The van der Waals surface area contributed by atoms with Gasteiger partial charge in [0.15, 0.2) is 0 Å². The molecule has 1 aromatic carbocycles. The number of carbonyl (C=O) groups is 2. The third-order valence-corrected chi connectivity index (χ3v) is 2.25. The lowest BCUT2D eigenvalue weighted by Crippen LogP contribution is -2.02. The molecule has 0 amide bonds. The van der Waals surface area contributed by atoms with Crippen molar-refractivity contribution in [1.82, 2.24) is 0 Å². The summed E-state index contributed by atoms with van der Waals surface area (Å²) < 4.78 is 14.2. The van der Waals surface area contributed by atoms with Gasteiger partial charge in [-0.1, -0.05) is 0 Å². The monoisotopic (exact) mass is 250 g/mol. The van der Waals surface area contributed by atoms with Crippen LogP contribution in [0.15, 0.2) is 24.3 Å². The fourth-order valence-corrected chi connectivity index (χ4v) is 1.34. The Morgan fingerprint density at radius 3 is 2.39 bits per heavy atom. The first-order valence-electron chi connectivity index (χ1n) is 5.14. The van der Waals surface area contributed by atoms with E-state index in [1.165, 1.54) is 33.5 Å². The molecule has 1 rings (SSSR count). The van der Waals surface area contributed by atoms with Crippen LogP contribution < -0.4 is 4.74 Å². The molecule has 0 aliphatic heterocycles. The van der Waals surface area contributed by atoms with Gasteiger partial charge in [-0.3, -0.25) is 0 Å². The van der Waals surface area contributed by atoms with Crippen molar-refractivity contribution in [2.75, 3.05) is 21.3 Å². The van der Waals surface area contributed by atoms with E-state index in [1.54, 1.807) is 18.2 Å². The molecule has 0 unspecified atom stereocenters. The Kier molecular flexibility index (Phi) is 4.92. The van der Waals surface area contributed by atoms with Crippen molar-refractivity contribution in [3.05, 3.63) is 35.4 Å². The van der Waals surface area contributed by atoms with Gasteiger partial charge in [0.05, 0.1) is 26.9 Å². The highest BCUT2D eigenvalue weighted by molar-refractivity contribution is 5.92. The van der Waals surface area contributed by atoms with Crippen LogP contribution in [-0.2, 0) is 14.3 Å². The molecule has 0 saturated heterocycles. The van der Waals surface area contributed by atoms with Gasteiger partial charge in [0, 0.05) is 11.6 Å². The van der Waals surface area contributed by atoms with Crippen molar-refractivity contribution < 1.29 is 23.8 Å². The quantitative estimate of drug-likeness (QED) is 0.601. The molecule has 0 aromatic heterocycles. The maximum atomic E-state index is 11.4. The number of methoxy groups -OCH3 is 3. The average Bonchev–Trinajstić information content (AvgIpc) is 2.43. The predicted molar refractivity (Wildman–Crippen MR) is 65.4 cm³/mol. The molecule has 0 radical (unpaired) electrons. The summed E-state index contributed by atoms with van der Waals surface area (Å²) in [5, 5.41) is 0. The SMILES string of the molecule is COC(=O)C=Cc1cc(C(=O)OC)ccc1OC. The molecule has 1 aromatic rings. The highest BCUT2D eigenvalue weighted by atomic mass is 16.5. The average molecular weight is 250 g/mol. The third kappa shape index (κ3) is 3.35. The maximum absolute atomic E-state index is 11.4. The van der Waals surface area contributed by atoms with Crippen molar-refractivity contribution in [3.63, 3.8) is 0 Å². The summed E-state index contributed by atoms with van der Waals surface area (Å²) in [6.07, 6.45) is 2.76. The molecule has 0 bridgehead atoms. The Balaban J connectivity index is 3.10. The van der Waals surface area contributed by atoms with E-state index in [0.29, 0.717) is 16.9 Å². The molecule has 0 aliphatic carbocycles. The number of benzene rings is 1. The van der Waals surface area contributed by atoms with Gasteiger partial charge < -0.3 is 14.2 Å². The lowest BCUT2D eigenvalue weighted by atomic mass is 10.1. The van der Waals surface area contributed by atoms with Gasteiger partial charge in [-0.25, -0.2) is 9.59 Å². The Morgan fingerprint density at radius 2 is 1.83 bits per heavy atom. The van der Waals surface area contributed by atoms with E-state index in [9.17, 15) is 9.59 Å². The zero-order valence-corrected chi connectivity index (χ0v) is 10.4. The molecular weight excluding hydrogens is 236 g/mol. The number of rotatable bonds is 4. The number of carbonyl (C=O) groups excluding carboxylic acids is 2. The molecule has 0 aliphatic rings. The van der Waals surface area contributed by atoms with Crippen LogP contribution >= 0.6 is 0 Å². The lowest BCUT2D eigenvalue weighted by molar-refractivity contribution is -0.134. The fourth-order valence-electron chi connectivity index (χ4n) is 1.34. The molecule has 0 spiro atoms. The van der Waals surface area contributed by atoms with Gasteiger partial charge in [0.1, 0.15) is 5.75 Å². The van der Waals surface area contributed by atoms with E-state index in [4.69, 9.17) is 4.74 Å². The van der Waals surface area contributed by atoms with Crippen LogP contribution in [0.1, 0.15) is 15.9 Å². The summed E-state index contributed by atoms with van der Waals surface area (Å²) in [5.74, 6) is -0.395. The summed E-state index contributed by atoms with van der Waals surface area (Å²) >= 11 is 0. The van der Waals surface area contributed by atoms with Gasteiger partial charge in [-0.05, 0) is 24.3 Å². The van der Waals surface area contributed by atoms with Gasteiger partial charge in [-0.15, -0.1) is 0 Å². The van der Waals surface area contributed by atoms with E-state index in [-0.39, 0.29) is 0 Å². The smallest absolute Gasteiger partial charge is 0.337 e. The fraction of sp³-hybridized carbons (Fsp3) is 0.231. The Labute approximate surface area is 105 Å². The van der Waals surface area contributed by atoms with Crippen molar-refractivity contribution in [2.45, 2.75) is 0 Å². The van der Waals surface area contributed by atoms with Crippen LogP contribution in [0.25, 0.3) is 6.08 Å². The second-order valence-corrected chi connectivity index (χ2v) is 3.30. The number of ether oxygens (including phenoxy) is 3. The molecule has 0 fully saturated rings. The molecule has 0 atom stereocenters. The first-order chi connectivity index (χ1) is 8.62. The van der Waals surface area contributed by atoms with Crippen LogP contribution in [0.4, 0.5) is 0 Å². The summed E-state index contributed by atoms with van der Waals surface area (Å²) in [5.41, 5.74) is 0.966. The minimum Gasteiger partial charge on any atom is -0.496 e.